The highest BCUT2D eigenvalue weighted by Crippen LogP contribution is 2.44. The van der Waals surface area contributed by atoms with Gasteiger partial charge in [-0.2, -0.15) is 0 Å². The molecule has 4 aromatic rings. The van der Waals surface area contributed by atoms with Crippen LogP contribution in [-0.2, 0) is 17.6 Å². The number of amides is 1. The molecule has 5 nitrogen and oxygen atoms in total. The SMILES string of the molecule is O=C(CSc1nc2scc(C3CC3)c2c(=O)n1-c1ccccc1)Nc1ccc2c(c1)CCC2. The van der Waals surface area contributed by atoms with E-state index in [4.69, 9.17) is 4.98 Å². The molecular weight excluding hydrogens is 450 g/mol. The first kappa shape index (κ1) is 20.7. The molecule has 2 aromatic carbocycles. The maximum Gasteiger partial charge on any atom is 0.267 e. The average Bonchev–Trinajstić information content (AvgIpc) is 3.40. The smallest absolute Gasteiger partial charge is 0.267 e. The average molecular weight is 474 g/mol. The van der Waals surface area contributed by atoms with Gasteiger partial charge in [0, 0.05) is 5.69 Å². The van der Waals surface area contributed by atoms with Crippen LogP contribution in [0.2, 0.25) is 0 Å². The molecule has 6 rings (SSSR count). The zero-order valence-electron chi connectivity index (χ0n) is 18.0. The topological polar surface area (TPSA) is 64.0 Å². The first-order valence-corrected chi connectivity index (χ1v) is 13.2. The molecule has 1 amide bonds. The summed E-state index contributed by atoms with van der Waals surface area (Å²) < 4.78 is 1.66. The van der Waals surface area contributed by atoms with Crippen molar-refractivity contribution in [3.05, 3.63) is 81.0 Å². The molecule has 0 atom stereocenters. The molecule has 1 N–H and O–H groups in total. The van der Waals surface area contributed by atoms with Crippen LogP contribution in [0.4, 0.5) is 5.69 Å². The zero-order chi connectivity index (χ0) is 22.4. The number of fused-ring (bicyclic) bond motifs is 2. The summed E-state index contributed by atoms with van der Waals surface area (Å²) in [6, 6.07) is 15.7. The molecule has 0 saturated heterocycles. The molecule has 0 unspecified atom stereocenters. The molecule has 2 aliphatic rings. The van der Waals surface area contributed by atoms with E-state index in [0.717, 1.165) is 52.8 Å². The number of carbonyl (C=O) groups is 1. The van der Waals surface area contributed by atoms with Crippen molar-refractivity contribution >= 4 is 44.9 Å². The third-order valence-corrected chi connectivity index (χ3v) is 8.18. The van der Waals surface area contributed by atoms with Crippen LogP contribution in [0, 0.1) is 0 Å². The highest BCUT2D eigenvalue weighted by Gasteiger charge is 2.29. The molecule has 0 spiro atoms. The Labute approximate surface area is 199 Å². The van der Waals surface area contributed by atoms with Crippen LogP contribution < -0.4 is 10.9 Å². The van der Waals surface area contributed by atoms with Gasteiger partial charge in [-0.25, -0.2) is 4.98 Å². The molecule has 7 heteroatoms. The van der Waals surface area contributed by atoms with Crippen molar-refractivity contribution in [2.75, 3.05) is 11.1 Å². The van der Waals surface area contributed by atoms with Crippen LogP contribution in [-0.4, -0.2) is 21.2 Å². The van der Waals surface area contributed by atoms with Gasteiger partial charge in [0.25, 0.3) is 5.56 Å². The van der Waals surface area contributed by atoms with Gasteiger partial charge in [-0.3, -0.25) is 14.2 Å². The molecule has 166 valence electrons. The number of nitrogens with one attached hydrogen (secondary N) is 1. The third-order valence-electron chi connectivity index (χ3n) is 6.35. The summed E-state index contributed by atoms with van der Waals surface area (Å²) in [5.41, 5.74) is 5.39. The highest BCUT2D eigenvalue weighted by molar-refractivity contribution is 7.99. The van der Waals surface area contributed by atoms with E-state index in [0.29, 0.717) is 11.1 Å². The van der Waals surface area contributed by atoms with Gasteiger partial charge in [0.1, 0.15) is 4.83 Å². The normalized spacial score (nSPS) is 15.0. The van der Waals surface area contributed by atoms with Crippen LogP contribution in [0.15, 0.2) is 63.9 Å². The second kappa shape index (κ2) is 8.47. The van der Waals surface area contributed by atoms with Gasteiger partial charge in [-0.15, -0.1) is 11.3 Å². The first-order chi connectivity index (χ1) is 16.2. The summed E-state index contributed by atoms with van der Waals surface area (Å²) >= 11 is 2.83. The lowest BCUT2D eigenvalue weighted by Crippen LogP contribution is -2.23. The number of hydrogen-bond donors (Lipinski definition) is 1. The van der Waals surface area contributed by atoms with Gasteiger partial charge in [0.15, 0.2) is 5.16 Å². The minimum atomic E-state index is -0.100. The molecule has 2 aliphatic carbocycles. The Kier molecular flexibility index (Phi) is 5.31. The lowest BCUT2D eigenvalue weighted by atomic mass is 10.1. The quantitative estimate of drug-likeness (QED) is 0.295. The second-order valence-corrected chi connectivity index (χ2v) is 10.5. The fourth-order valence-corrected chi connectivity index (χ4v) is 6.44. The Balaban J connectivity index is 1.30. The van der Waals surface area contributed by atoms with E-state index in [1.807, 2.05) is 36.4 Å². The van der Waals surface area contributed by atoms with Crippen molar-refractivity contribution in [2.24, 2.45) is 0 Å². The number of para-hydroxylation sites is 1. The zero-order valence-corrected chi connectivity index (χ0v) is 19.7. The van der Waals surface area contributed by atoms with Gasteiger partial charge in [0.2, 0.25) is 5.91 Å². The van der Waals surface area contributed by atoms with Crippen molar-refractivity contribution in [3.8, 4) is 5.69 Å². The Morgan fingerprint density at radius 1 is 1.12 bits per heavy atom. The largest absolute Gasteiger partial charge is 0.325 e. The summed E-state index contributed by atoms with van der Waals surface area (Å²) in [4.78, 5) is 32.0. The van der Waals surface area contributed by atoms with Gasteiger partial charge in [-0.1, -0.05) is 36.0 Å². The maximum absolute atomic E-state index is 13.6. The van der Waals surface area contributed by atoms with E-state index in [2.05, 4.69) is 22.8 Å². The Morgan fingerprint density at radius 2 is 1.94 bits per heavy atom. The lowest BCUT2D eigenvalue weighted by molar-refractivity contribution is -0.113. The number of benzene rings is 2. The number of thiophene rings is 1. The third kappa shape index (κ3) is 4.00. The first-order valence-electron chi connectivity index (χ1n) is 11.3. The van der Waals surface area contributed by atoms with Crippen molar-refractivity contribution in [1.82, 2.24) is 9.55 Å². The Bertz CT molecular complexity index is 1420. The van der Waals surface area contributed by atoms with E-state index in [-0.39, 0.29) is 17.2 Å². The van der Waals surface area contributed by atoms with Crippen molar-refractivity contribution in [3.63, 3.8) is 0 Å². The summed E-state index contributed by atoms with van der Waals surface area (Å²) in [7, 11) is 0. The molecule has 1 fully saturated rings. The van der Waals surface area contributed by atoms with Crippen molar-refractivity contribution in [1.29, 1.82) is 0 Å². The number of anilines is 1. The Morgan fingerprint density at radius 3 is 2.76 bits per heavy atom. The number of carbonyl (C=O) groups excluding carboxylic acids is 1. The van der Waals surface area contributed by atoms with Crippen molar-refractivity contribution < 1.29 is 4.79 Å². The van der Waals surface area contributed by atoms with Gasteiger partial charge >= 0.3 is 0 Å². The van der Waals surface area contributed by atoms with Crippen LogP contribution in [0.5, 0.6) is 0 Å². The fourth-order valence-electron chi connectivity index (χ4n) is 4.57. The number of aryl methyl sites for hydroxylation is 2. The number of hydrogen-bond acceptors (Lipinski definition) is 5. The van der Waals surface area contributed by atoms with E-state index in [9.17, 15) is 9.59 Å². The molecule has 0 aliphatic heterocycles. The van der Waals surface area contributed by atoms with E-state index in [1.165, 1.54) is 40.6 Å². The molecule has 1 saturated carbocycles. The summed E-state index contributed by atoms with van der Waals surface area (Å²) in [5.74, 6) is 0.564. The Hall–Kier alpha value is -2.90. The summed E-state index contributed by atoms with van der Waals surface area (Å²) in [6.07, 6.45) is 5.64. The summed E-state index contributed by atoms with van der Waals surface area (Å²) in [5, 5.41) is 6.37. The van der Waals surface area contributed by atoms with Crippen LogP contribution in [0.3, 0.4) is 0 Å². The molecular formula is C26H23N3O2S2. The van der Waals surface area contributed by atoms with Gasteiger partial charge in [-0.05, 0) is 84.4 Å². The fraction of sp³-hybridized carbons (Fsp3) is 0.269. The second-order valence-electron chi connectivity index (χ2n) is 8.69. The monoisotopic (exact) mass is 473 g/mol. The minimum absolute atomic E-state index is 0.0455. The van der Waals surface area contributed by atoms with E-state index >= 15 is 0 Å². The number of nitrogens with zero attached hydrogens (tertiary/aromatic N) is 2. The standard InChI is InChI=1S/C26H23N3O2S2/c30-22(27-19-12-11-16-5-4-6-18(16)13-19)15-33-26-28-24-23(21(14-32-24)17-9-10-17)25(31)29(26)20-7-2-1-3-8-20/h1-3,7-8,11-14,17H,4-6,9-10,15H2,(H,27,30). The van der Waals surface area contributed by atoms with Gasteiger partial charge in [0.05, 0.1) is 16.8 Å². The molecule has 0 radical (unpaired) electrons. The maximum atomic E-state index is 13.6. The van der Waals surface area contributed by atoms with E-state index in [1.54, 1.807) is 4.57 Å². The highest BCUT2D eigenvalue weighted by atomic mass is 32.2. The minimum Gasteiger partial charge on any atom is -0.325 e. The number of rotatable bonds is 6. The molecule has 2 heterocycles. The predicted molar refractivity (Wildman–Crippen MR) is 135 cm³/mol. The van der Waals surface area contributed by atoms with Crippen molar-refractivity contribution in [2.45, 2.75) is 43.2 Å². The summed E-state index contributed by atoms with van der Waals surface area (Å²) in [6.45, 7) is 0. The van der Waals surface area contributed by atoms with E-state index < -0.39 is 0 Å². The van der Waals surface area contributed by atoms with Crippen LogP contribution in [0.1, 0.15) is 41.9 Å². The predicted octanol–water partition coefficient (Wildman–Crippen LogP) is 5.54. The van der Waals surface area contributed by atoms with Gasteiger partial charge < -0.3 is 5.32 Å². The molecule has 0 bridgehead atoms. The van der Waals surface area contributed by atoms with Crippen LogP contribution >= 0.6 is 23.1 Å². The van der Waals surface area contributed by atoms with Crippen LogP contribution in [0.25, 0.3) is 15.9 Å². The lowest BCUT2D eigenvalue weighted by Gasteiger charge is -2.13. The number of thioether (sulfide) groups is 1. The molecule has 33 heavy (non-hydrogen) atoms. The molecule has 2 aromatic heterocycles. The number of aromatic nitrogens is 2.